The molecule has 0 amide bonds. The van der Waals surface area contributed by atoms with Crippen LogP contribution in [0.25, 0.3) is 0 Å². The number of anilines is 1. The number of aliphatic hydroxyl groups is 1. The molecular weight excluding hydrogens is 232 g/mol. The van der Waals surface area contributed by atoms with E-state index in [9.17, 15) is 4.79 Å². The molecule has 4 N–H and O–H groups in total. The summed E-state index contributed by atoms with van der Waals surface area (Å²) in [6.45, 7) is 4.63. The lowest BCUT2D eigenvalue weighted by atomic mass is 10.1. The van der Waals surface area contributed by atoms with Crippen LogP contribution < -0.4 is 15.8 Å². The predicted octanol–water partition coefficient (Wildman–Crippen LogP) is 0.821. The highest BCUT2D eigenvalue weighted by molar-refractivity contribution is 5.98. The SMILES string of the molecule is CCOc1ccc(C(=O)CNCC(C)O)cc1N. The maximum absolute atomic E-state index is 11.8. The molecule has 0 fully saturated rings. The summed E-state index contributed by atoms with van der Waals surface area (Å²) >= 11 is 0. The first-order valence-corrected chi connectivity index (χ1v) is 5.99. The summed E-state index contributed by atoms with van der Waals surface area (Å²) in [5.74, 6) is 0.524. The van der Waals surface area contributed by atoms with E-state index >= 15 is 0 Å². The van der Waals surface area contributed by atoms with Gasteiger partial charge in [-0.25, -0.2) is 0 Å². The summed E-state index contributed by atoms with van der Waals surface area (Å²) in [5, 5.41) is 11.9. The summed E-state index contributed by atoms with van der Waals surface area (Å²) in [4.78, 5) is 11.8. The molecule has 1 rings (SSSR count). The summed E-state index contributed by atoms with van der Waals surface area (Å²) in [6, 6.07) is 4.99. The van der Waals surface area contributed by atoms with E-state index in [-0.39, 0.29) is 12.3 Å². The van der Waals surface area contributed by atoms with Gasteiger partial charge in [-0.2, -0.15) is 0 Å². The van der Waals surface area contributed by atoms with Crippen molar-refractivity contribution in [3.63, 3.8) is 0 Å². The molecule has 18 heavy (non-hydrogen) atoms. The van der Waals surface area contributed by atoms with E-state index < -0.39 is 6.10 Å². The van der Waals surface area contributed by atoms with Gasteiger partial charge >= 0.3 is 0 Å². The number of aliphatic hydroxyl groups excluding tert-OH is 1. The van der Waals surface area contributed by atoms with Crippen LogP contribution in [-0.2, 0) is 0 Å². The fraction of sp³-hybridized carbons (Fsp3) is 0.462. The molecule has 0 bridgehead atoms. The number of hydrogen-bond donors (Lipinski definition) is 3. The van der Waals surface area contributed by atoms with Crippen molar-refractivity contribution in [1.82, 2.24) is 5.32 Å². The minimum absolute atomic E-state index is 0.0644. The van der Waals surface area contributed by atoms with Crippen LogP contribution >= 0.6 is 0 Å². The fourth-order valence-electron chi connectivity index (χ4n) is 1.51. The summed E-state index contributed by atoms with van der Waals surface area (Å²) in [5.41, 5.74) is 6.78. The van der Waals surface area contributed by atoms with Gasteiger partial charge < -0.3 is 20.9 Å². The van der Waals surface area contributed by atoms with Crippen molar-refractivity contribution in [1.29, 1.82) is 0 Å². The molecule has 5 nitrogen and oxygen atoms in total. The van der Waals surface area contributed by atoms with Gasteiger partial charge in [0.15, 0.2) is 5.78 Å². The molecule has 0 aliphatic heterocycles. The van der Waals surface area contributed by atoms with E-state index in [1.165, 1.54) is 0 Å². The van der Waals surface area contributed by atoms with Crippen molar-refractivity contribution in [3.8, 4) is 5.75 Å². The molecule has 0 saturated carbocycles. The Balaban J connectivity index is 2.61. The average Bonchev–Trinajstić information content (AvgIpc) is 2.31. The van der Waals surface area contributed by atoms with E-state index in [1.54, 1.807) is 25.1 Å². The molecule has 0 aliphatic carbocycles. The second-order valence-corrected chi connectivity index (χ2v) is 4.09. The van der Waals surface area contributed by atoms with Gasteiger partial charge in [0, 0.05) is 12.1 Å². The first-order chi connectivity index (χ1) is 8.54. The average molecular weight is 252 g/mol. The summed E-state index contributed by atoms with van der Waals surface area (Å²) in [6.07, 6.45) is -0.469. The Bertz CT molecular complexity index is 405. The molecule has 0 saturated heterocycles. The van der Waals surface area contributed by atoms with Crippen LogP contribution in [0.15, 0.2) is 18.2 Å². The molecule has 0 radical (unpaired) electrons. The summed E-state index contributed by atoms with van der Waals surface area (Å²) in [7, 11) is 0. The highest BCUT2D eigenvalue weighted by Gasteiger charge is 2.09. The van der Waals surface area contributed by atoms with Crippen molar-refractivity contribution in [2.75, 3.05) is 25.4 Å². The van der Waals surface area contributed by atoms with Crippen LogP contribution in [0.2, 0.25) is 0 Å². The minimum atomic E-state index is -0.469. The standard InChI is InChI=1S/C13H20N2O3/c1-3-18-13-5-4-10(6-11(13)14)12(17)8-15-7-9(2)16/h4-6,9,15-16H,3,7-8,14H2,1-2H3. The van der Waals surface area contributed by atoms with Crippen molar-refractivity contribution < 1.29 is 14.6 Å². The van der Waals surface area contributed by atoms with Gasteiger partial charge in [-0.15, -0.1) is 0 Å². The van der Waals surface area contributed by atoms with Crippen LogP contribution in [0, 0.1) is 0 Å². The topological polar surface area (TPSA) is 84.6 Å². The first kappa shape index (κ1) is 14.5. The van der Waals surface area contributed by atoms with Gasteiger partial charge in [0.1, 0.15) is 5.75 Å². The Kier molecular flexibility index (Phi) is 5.61. The Hall–Kier alpha value is -1.59. The second-order valence-electron chi connectivity index (χ2n) is 4.09. The number of ether oxygens (including phenoxy) is 1. The lowest BCUT2D eigenvalue weighted by molar-refractivity contribution is 0.0985. The molecule has 5 heteroatoms. The van der Waals surface area contributed by atoms with E-state index in [0.29, 0.717) is 30.2 Å². The molecule has 0 spiro atoms. The molecule has 0 aromatic heterocycles. The molecule has 1 aromatic carbocycles. The Labute approximate surface area is 107 Å². The van der Waals surface area contributed by atoms with Crippen molar-refractivity contribution >= 4 is 11.5 Å². The molecule has 1 aromatic rings. The number of benzene rings is 1. The van der Waals surface area contributed by atoms with Crippen LogP contribution in [0.5, 0.6) is 5.75 Å². The normalized spacial score (nSPS) is 12.2. The largest absolute Gasteiger partial charge is 0.492 e. The van der Waals surface area contributed by atoms with Crippen molar-refractivity contribution in [3.05, 3.63) is 23.8 Å². The van der Waals surface area contributed by atoms with E-state index in [1.807, 2.05) is 6.92 Å². The number of nitrogens with two attached hydrogens (primary N) is 1. The highest BCUT2D eigenvalue weighted by atomic mass is 16.5. The highest BCUT2D eigenvalue weighted by Crippen LogP contribution is 2.22. The van der Waals surface area contributed by atoms with Gasteiger partial charge in [0.2, 0.25) is 0 Å². The van der Waals surface area contributed by atoms with Gasteiger partial charge in [0.25, 0.3) is 0 Å². The predicted molar refractivity (Wildman–Crippen MR) is 70.9 cm³/mol. The van der Waals surface area contributed by atoms with Gasteiger partial charge in [-0.05, 0) is 32.0 Å². The zero-order chi connectivity index (χ0) is 13.5. The number of rotatable bonds is 7. The second kappa shape index (κ2) is 6.98. The number of ketones is 1. The number of hydrogen-bond acceptors (Lipinski definition) is 5. The van der Waals surface area contributed by atoms with Crippen molar-refractivity contribution in [2.45, 2.75) is 20.0 Å². The Morgan fingerprint density at radius 2 is 2.28 bits per heavy atom. The lowest BCUT2D eigenvalue weighted by Crippen LogP contribution is -2.29. The molecular formula is C13H20N2O3. The molecule has 1 atom stereocenters. The Morgan fingerprint density at radius 1 is 1.56 bits per heavy atom. The number of carbonyl (C=O) groups is 1. The van der Waals surface area contributed by atoms with Gasteiger partial charge in [-0.1, -0.05) is 0 Å². The third-order valence-electron chi connectivity index (χ3n) is 2.36. The minimum Gasteiger partial charge on any atom is -0.492 e. The van der Waals surface area contributed by atoms with E-state index in [4.69, 9.17) is 15.6 Å². The maximum atomic E-state index is 11.8. The Morgan fingerprint density at radius 3 is 2.83 bits per heavy atom. The van der Waals surface area contributed by atoms with E-state index in [0.717, 1.165) is 0 Å². The monoisotopic (exact) mass is 252 g/mol. The third-order valence-corrected chi connectivity index (χ3v) is 2.36. The zero-order valence-corrected chi connectivity index (χ0v) is 10.8. The van der Waals surface area contributed by atoms with Gasteiger partial charge in [-0.3, -0.25) is 4.79 Å². The number of carbonyl (C=O) groups excluding carboxylic acids is 1. The van der Waals surface area contributed by atoms with Crippen LogP contribution in [0.1, 0.15) is 24.2 Å². The number of Topliss-reactive ketones (excluding diaryl/α,β-unsaturated/α-hetero) is 1. The van der Waals surface area contributed by atoms with Crippen LogP contribution in [0.4, 0.5) is 5.69 Å². The molecule has 0 heterocycles. The fourth-order valence-corrected chi connectivity index (χ4v) is 1.51. The molecule has 100 valence electrons. The summed E-state index contributed by atoms with van der Waals surface area (Å²) < 4.78 is 5.30. The lowest BCUT2D eigenvalue weighted by Gasteiger charge is -2.09. The molecule has 1 unspecified atom stereocenters. The number of nitrogen functional groups attached to an aromatic ring is 1. The first-order valence-electron chi connectivity index (χ1n) is 5.99. The van der Waals surface area contributed by atoms with E-state index in [2.05, 4.69) is 5.32 Å². The maximum Gasteiger partial charge on any atom is 0.176 e. The van der Waals surface area contributed by atoms with Gasteiger partial charge in [0.05, 0.1) is 24.9 Å². The van der Waals surface area contributed by atoms with Crippen molar-refractivity contribution in [2.24, 2.45) is 0 Å². The third kappa shape index (κ3) is 4.35. The number of nitrogens with one attached hydrogen (secondary N) is 1. The molecule has 0 aliphatic rings. The van der Waals surface area contributed by atoms with Crippen LogP contribution in [0.3, 0.4) is 0 Å². The van der Waals surface area contributed by atoms with Crippen LogP contribution in [-0.4, -0.2) is 36.7 Å². The smallest absolute Gasteiger partial charge is 0.176 e. The quantitative estimate of drug-likeness (QED) is 0.494. The zero-order valence-electron chi connectivity index (χ0n) is 10.8.